The predicted octanol–water partition coefficient (Wildman–Crippen LogP) is 4.79. The number of benzene rings is 2. The molecular weight excluding hydrogens is 399 g/mol. The highest BCUT2D eigenvalue weighted by atomic mass is 35.5. The first-order valence-electron chi connectivity index (χ1n) is 9.06. The monoisotopic (exact) mass is 420 g/mol. The summed E-state index contributed by atoms with van der Waals surface area (Å²) >= 11 is 12.4. The summed E-state index contributed by atoms with van der Waals surface area (Å²) in [6.45, 7) is 2.89. The Bertz CT molecular complexity index is 896. The summed E-state index contributed by atoms with van der Waals surface area (Å²) in [4.78, 5) is 27.2. The van der Waals surface area contributed by atoms with Crippen LogP contribution in [0.25, 0.3) is 0 Å². The van der Waals surface area contributed by atoms with Crippen LogP contribution in [0, 0.1) is 0 Å². The van der Waals surface area contributed by atoms with Crippen LogP contribution >= 0.6 is 23.2 Å². The largest absolute Gasteiger partial charge is 0.465 e. The minimum Gasteiger partial charge on any atom is -0.465 e. The maximum atomic E-state index is 13.0. The maximum Gasteiger partial charge on any atom is 0.407 e. The zero-order valence-corrected chi connectivity index (χ0v) is 17.3. The predicted molar refractivity (Wildman–Crippen MR) is 110 cm³/mol. The van der Waals surface area contributed by atoms with Crippen LogP contribution in [0.15, 0.2) is 36.4 Å². The van der Waals surface area contributed by atoms with E-state index in [9.17, 15) is 9.59 Å². The molecule has 1 heterocycles. The van der Waals surface area contributed by atoms with Crippen LogP contribution in [0.1, 0.15) is 35.2 Å². The lowest BCUT2D eigenvalue weighted by atomic mass is 9.89. The Balaban J connectivity index is 1.82. The van der Waals surface area contributed by atoms with Gasteiger partial charge < -0.3 is 14.9 Å². The first-order chi connectivity index (χ1) is 13.3. The molecule has 0 saturated carbocycles. The fourth-order valence-electron chi connectivity index (χ4n) is 3.71. The van der Waals surface area contributed by atoms with E-state index in [4.69, 9.17) is 28.3 Å². The van der Waals surface area contributed by atoms with E-state index in [-0.39, 0.29) is 18.4 Å². The lowest BCUT2D eigenvalue weighted by Gasteiger charge is -2.36. The zero-order chi connectivity index (χ0) is 20.4. The van der Waals surface area contributed by atoms with E-state index >= 15 is 0 Å². The third-order valence-corrected chi connectivity index (χ3v) is 5.98. The van der Waals surface area contributed by atoms with Gasteiger partial charge in [-0.1, -0.05) is 47.5 Å². The van der Waals surface area contributed by atoms with Crippen LogP contribution in [0.5, 0.6) is 0 Å². The number of amides is 2. The molecule has 7 heteroatoms. The Hall–Kier alpha value is -2.24. The van der Waals surface area contributed by atoms with Crippen LogP contribution in [0.2, 0.25) is 10.0 Å². The van der Waals surface area contributed by atoms with E-state index in [1.54, 1.807) is 25.2 Å². The van der Waals surface area contributed by atoms with Gasteiger partial charge in [0.2, 0.25) is 5.91 Å². The van der Waals surface area contributed by atoms with Gasteiger partial charge in [-0.15, -0.1) is 0 Å². The molecule has 2 aromatic rings. The molecule has 0 radical (unpaired) electrons. The van der Waals surface area contributed by atoms with E-state index in [0.717, 1.165) is 16.7 Å². The first-order valence-corrected chi connectivity index (χ1v) is 9.82. The number of carboxylic acid groups (broad SMARTS) is 1. The van der Waals surface area contributed by atoms with Gasteiger partial charge in [-0.2, -0.15) is 0 Å². The summed E-state index contributed by atoms with van der Waals surface area (Å²) in [7, 11) is 1.55. The second-order valence-electron chi connectivity index (χ2n) is 7.01. The molecule has 5 nitrogen and oxygen atoms in total. The number of rotatable bonds is 4. The highest BCUT2D eigenvalue weighted by Crippen LogP contribution is 2.33. The van der Waals surface area contributed by atoms with Crippen molar-refractivity contribution >= 4 is 35.2 Å². The fourth-order valence-corrected chi connectivity index (χ4v) is 4.24. The summed E-state index contributed by atoms with van der Waals surface area (Å²) in [5.74, 6) is -0.0267. The third kappa shape index (κ3) is 4.10. The van der Waals surface area contributed by atoms with Crippen molar-refractivity contribution in [3.8, 4) is 0 Å². The summed E-state index contributed by atoms with van der Waals surface area (Å²) in [5, 5.41) is 10.1. The quantitative estimate of drug-likeness (QED) is 0.772. The van der Waals surface area contributed by atoms with Crippen LogP contribution in [0.4, 0.5) is 4.79 Å². The van der Waals surface area contributed by atoms with Crippen molar-refractivity contribution in [2.24, 2.45) is 0 Å². The fraction of sp³-hybridized carbons (Fsp3) is 0.333. The minimum absolute atomic E-state index is 0.0267. The lowest BCUT2D eigenvalue weighted by Crippen LogP contribution is -2.40. The van der Waals surface area contributed by atoms with Crippen LogP contribution < -0.4 is 0 Å². The van der Waals surface area contributed by atoms with Crippen molar-refractivity contribution < 1.29 is 14.7 Å². The molecule has 1 aliphatic rings. The highest BCUT2D eigenvalue weighted by Gasteiger charge is 2.29. The number of halogens is 2. The zero-order valence-electron chi connectivity index (χ0n) is 15.8. The number of fused-ring (bicyclic) bond motifs is 1. The molecule has 0 bridgehead atoms. The average molecular weight is 421 g/mol. The highest BCUT2D eigenvalue weighted by molar-refractivity contribution is 6.36. The van der Waals surface area contributed by atoms with Gasteiger partial charge in [-0.05, 0) is 47.7 Å². The molecule has 0 saturated heterocycles. The van der Waals surface area contributed by atoms with Crippen molar-refractivity contribution in [2.75, 3.05) is 13.6 Å². The normalized spacial score (nSPS) is 15.9. The molecular formula is C21H22Cl2N2O3. The Morgan fingerprint density at radius 1 is 1.18 bits per heavy atom. The molecule has 2 amide bonds. The van der Waals surface area contributed by atoms with E-state index in [1.807, 2.05) is 30.0 Å². The van der Waals surface area contributed by atoms with Crippen molar-refractivity contribution in [1.82, 2.24) is 9.80 Å². The van der Waals surface area contributed by atoms with E-state index < -0.39 is 6.09 Å². The summed E-state index contributed by atoms with van der Waals surface area (Å²) in [6.07, 6.45) is -0.125. The molecule has 3 rings (SSSR count). The molecule has 148 valence electrons. The second-order valence-corrected chi connectivity index (χ2v) is 7.83. The molecule has 1 aliphatic heterocycles. The van der Waals surface area contributed by atoms with E-state index in [1.165, 1.54) is 4.90 Å². The van der Waals surface area contributed by atoms with Crippen molar-refractivity contribution in [3.63, 3.8) is 0 Å². The summed E-state index contributed by atoms with van der Waals surface area (Å²) in [5.41, 5.74) is 3.81. The molecule has 0 unspecified atom stereocenters. The Kier molecular flexibility index (Phi) is 6.16. The topological polar surface area (TPSA) is 60.9 Å². The maximum absolute atomic E-state index is 13.0. The Morgan fingerprint density at radius 2 is 1.82 bits per heavy atom. The van der Waals surface area contributed by atoms with Crippen molar-refractivity contribution in [1.29, 1.82) is 0 Å². The van der Waals surface area contributed by atoms with Crippen LogP contribution in [0.3, 0.4) is 0 Å². The molecule has 0 fully saturated rings. The smallest absolute Gasteiger partial charge is 0.407 e. The number of carbonyl (C=O) groups excluding carboxylic acids is 1. The third-order valence-electron chi connectivity index (χ3n) is 5.27. The van der Waals surface area contributed by atoms with Crippen molar-refractivity contribution in [3.05, 3.63) is 68.7 Å². The Morgan fingerprint density at radius 3 is 2.46 bits per heavy atom. The molecule has 0 aromatic heterocycles. The number of carbonyl (C=O) groups is 2. The second kappa shape index (κ2) is 8.41. The SMILES string of the molecule is C[C@H]1c2cccc(CN(C)C(=O)O)c2CCN1C(=O)Cc1c(Cl)cccc1Cl. The average Bonchev–Trinajstić information content (AvgIpc) is 2.65. The van der Waals surface area contributed by atoms with Gasteiger partial charge in [0.05, 0.1) is 12.5 Å². The standard InChI is InChI=1S/C21H22Cl2N2O3/c1-13-15-6-3-5-14(12-24(2)21(27)28)16(15)9-10-25(13)20(26)11-17-18(22)7-4-8-19(17)23/h3-8,13H,9-12H2,1-2H3,(H,27,28)/t13-/m0/s1. The summed E-state index contributed by atoms with van der Waals surface area (Å²) in [6, 6.07) is 11.0. The number of hydrogen-bond donors (Lipinski definition) is 1. The molecule has 2 aromatic carbocycles. The van der Waals surface area contributed by atoms with E-state index in [2.05, 4.69) is 0 Å². The first kappa shape index (κ1) is 20.5. The van der Waals surface area contributed by atoms with Gasteiger partial charge in [0.15, 0.2) is 0 Å². The van der Waals surface area contributed by atoms with Gasteiger partial charge in [-0.3, -0.25) is 4.79 Å². The van der Waals surface area contributed by atoms with Gasteiger partial charge >= 0.3 is 6.09 Å². The van der Waals surface area contributed by atoms with Crippen molar-refractivity contribution in [2.45, 2.75) is 32.4 Å². The van der Waals surface area contributed by atoms with Gasteiger partial charge in [-0.25, -0.2) is 4.79 Å². The molecule has 28 heavy (non-hydrogen) atoms. The van der Waals surface area contributed by atoms with Crippen LogP contribution in [-0.2, 0) is 24.2 Å². The number of hydrogen-bond acceptors (Lipinski definition) is 2. The van der Waals surface area contributed by atoms with Gasteiger partial charge in [0.1, 0.15) is 0 Å². The minimum atomic E-state index is -0.963. The molecule has 1 N–H and O–H groups in total. The molecule has 0 aliphatic carbocycles. The molecule has 0 spiro atoms. The van der Waals surface area contributed by atoms with Gasteiger partial charge in [0.25, 0.3) is 0 Å². The lowest BCUT2D eigenvalue weighted by molar-refractivity contribution is -0.133. The Labute approximate surface area is 174 Å². The van der Waals surface area contributed by atoms with E-state index in [0.29, 0.717) is 35.1 Å². The van der Waals surface area contributed by atoms with Crippen LogP contribution in [-0.4, -0.2) is 40.5 Å². The summed E-state index contributed by atoms with van der Waals surface area (Å²) < 4.78 is 0. The molecule has 1 atom stereocenters. The number of nitrogens with zero attached hydrogens (tertiary/aromatic N) is 2. The van der Waals surface area contributed by atoms with Gasteiger partial charge in [0, 0.05) is 30.2 Å².